The van der Waals surface area contributed by atoms with Crippen molar-refractivity contribution in [2.75, 3.05) is 11.9 Å². The van der Waals surface area contributed by atoms with Crippen molar-refractivity contribution in [1.29, 1.82) is 0 Å². The summed E-state index contributed by atoms with van der Waals surface area (Å²) in [6.45, 7) is 3.43. The summed E-state index contributed by atoms with van der Waals surface area (Å²) < 4.78 is 5.81. The van der Waals surface area contributed by atoms with E-state index in [1.165, 1.54) is 38.6 Å². The fraction of sp³-hybridized carbons (Fsp3) is 0.588. The van der Waals surface area contributed by atoms with Gasteiger partial charge in [0.25, 0.3) is 0 Å². The maximum atomic E-state index is 5.81. The normalized spacial score (nSPS) is 23.6. The van der Waals surface area contributed by atoms with Crippen molar-refractivity contribution >= 4 is 16.8 Å². The van der Waals surface area contributed by atoms with E-state index in [1.54, 1.807) is 0 Å². The summed E-state index contributed by atoms with van der Waals surface area (Å²) in [5.74, 6) is 1.49. The van der Waals surface area contributed by atoms with Gasteiger partial charge in [-0.1, -0.05) is 0 Å². The third-order valence-electron chi connectivity index (χ3n) is 4.54. The van der Waals surface area contributed by atoms with Crippen LogP contribution in [0.25, 0.3) is 11.1 Å². The van der Waals surface area contributed by atoms with Gasteiger partial charge in [0.1, 0.15) is 5.52 Å². The number of anilines is 1. The molecule has 4 rings (SSSR count). The second-order valence-electron chi connectivity index (χ2n) is 6.58. The third kappa shape index (κ3) is 2.91. The van der Waals surface area contributed by atoms with Crippen LogP contribution in [0, 0.1) is 0 Å². The zero-order valence-corrected chi connectivity index (χ0v) is 12.6. The Hall–Kier alpha value is -1.55. The molecule has 0 radical (unpaired) electrons. The molecule has 1 aromatic carbocycles. The standard InChI is InChI=1S/C17H23N3O/c1-11(9-13-3-2-8-18-13)19-14-6-7-16-15(10-14)20-17(21-16)12-4-5-12/h6-7,10-13,18-19H,2-5,8-9H2,1H3. The summed E-state index contributed by atoms with van der Waals surface area (Å²) in [4.78, 5) is 4.63. The van der Waals surface area contributed by atoms with Gasteiger partial charge in [-0.2, -0.15) is 0 Å². The van der Waals surface area contributed by atoms with E-state index in [2.05, 4.69) is 34.7 Å². The van der Waals surface area contributed by atoms with Crippen molar-refractivity contribution in [2.45, 2.75) is 57.0 Å². The summed E-state index contributed by atoms with van der Waals surface area (Å²) in [6.07, 6.45) is 6.24. The first-order valence-electron chi connectivity index (χ1n) is 8.18. The van der Waals surface area contributed by atoms with E-state index in [9.17, 15) is 0 Å². The number of rotatable bonds is 5. The Balaban J connectivity index is 1.45. The van der Waals surface area contributed by atoms with Crippen LogP contribution in [0.1, 0.15) is 50.8 Å². The lowest BCUT2D eigenvalue weighted by atomic mass is 10.1. The minimum atomic E-state index is 0.466. The van der Waals surface area contributed by atoms with Gasteiger partial charge in [-0.3, -0.25) is 0 Å². The summed E-state index contributed by atoms with van der Waals surface area (Å²) in [6, 6.07) is 7.39. The highest BCUT2D eigenvalue weighted by Gasteiger charge is 2.28. The van der Waals surface area contributed by atoms with Gasteiger partial charge in [0, 0.05) is 23.7 Å². The highest BCUT2D eigenvalue weighted by molar-refractivity contribution is 5.77. The molecule has 4 heteroatoms. The number of aromatic nitrogens is 1. The third-order valence-corrected chi connectivity index (χ3v) is 4.54. The van der Waals surface area contributed by atoms with Gasteiger partial charge in [0.15, 0.2) is 11.5 Å². The van der Waals surface area contributed by atoms with Crippen LogP contribution in [0.2, 0.25) is 0 Å². The first-order valence-corrected chi connectivity index (χ1v) is 8.18. The lowest BCUT2D eigenvalue weighted by Crippen LogP contribution is -2.29. The predicted octanol–water partition coefficient (Wildman–Crippen LogP) is 3.65. The maximum absolute atomic E-state index is 5.81. The molecule has 2 atom stereocenters. The van der Waals surface area contributed by atoms with Crippen LogP contribution in [0.15, 0.2) is 22.6 Å². The number of fused-ring (bicyclic) bond motifs is 1. The molecule has 0 amide bonds. The first-order chi connectivity index (χ1) is 10.3. The summed E-state index contributed by atoms with van der Waals surface area (Å²) in [5.41, 5.74) is 3.03. The zero-order valence-electron chi connectivity index (χ0n) is 12.6. The fourth-order valence-corrected chi connectivity index (χ4v) is 3.27. The SMILES string of the molecule is CC(CC1CCCN1)Nc1ccc2oc(C3CC3)nc2c1. The van der Waals surface area contributed by atoms with Crippen molar-refractivity contribution in [3.05, 3.63) is 24.1 Å². The number of hydrogen-bond acceptors (Lipinski definition) is 4. The Kier molecular flexibility index (Phi) is 3.34. The molecule has 2 N–H and O–H groups in total. The molecule has 0 spiro atoms. The molecular formula is C17H23N3O. The molecule has 0 bridgehead atoms. The monoisotopic (exact) mass is 285 g/mol. The van der Waals surface area contributed by atoms with Crippen LogP contribution in [-0.4, -0.2) is 23.6 Å². The molecule has 2 unspecified atom stereocenters. The van der Waals surface area contributed by atoms with Crippen molar-refractivity contribution in [3.63, 3.8) is 0 Å². The highest BCUT2D eigenvalue weighted by atomic mass is 16.3. The molecule has 2 fully saturated rings. The molecule has 2 aliphatic rings. The van der Waals surface area contributed by atoms with Gasteiger partial charge >= 0.3 is 0 Å². The molecule has 21 heavy (non-hydrogen) atoms. The molecule has 2 aromatic rings. The van der Waals surface area contributed by atoms with E-state index < -0.39 is 0 Å². The smallest absolute Gasteiger partial charge is 0.198 e. The summed E-state index contributed by atoms with van der Waals surface area (Å²) in [5, 5.41) is 7.15. The van der Waals surface area contributed by atoms with Crippen molar-refractivity contribution < 1.29 is 4.42 Å². The summed E-state index contributed by atoms with van der Waals surface area (Å²) >= 11 is 0. The van der Waals surface area contributed by atoms with E-state index in [0.717, 1.165) is 22.7 Å². The molecule has 1 aliphatic carbocycles. The number of nitrogens with one attached hydrogen (secondary N) is 2. The fourth-order valence-electron chi connectivity index (χ4n) is 3.27. The Labute approximate surface area is 125 Å². The van der Waals surface area contributed by atoms with Crippen LogP contribution in [0.5, 0.6) is 0 Å². The average molecular weight is 285 g/mol. The molecule has 1 aromatic heterocycles. The largest absolute Gasteiger partial charge is 0.440 e. The number of benzene rings is 1. The van der Waals surface area contributed by atoms with Gasteiger partial charge in [-0.05, 0) is 63.8 Å². The van der Waals surface area contributed by atoms with Crippen molar-refractivity contribution in [1.82, 2.24) is 10.3 Å². The molecule has 2 heterocycles. The molecule has 1 saturated heterocycles. The van der Waals surface area contributed by atoms with Crippen LogP contribution >= 0.6 is 0 Å². The Morgan fingerprint density at radius 3 is 3.05 bits per heavy atom. The van der Waals surface area contributed by atoms with E-state index in [1.807, 2.05) is 6.07 Å². The van der Waals surface area contributed by atoms with Gasteiger partial charge in [-0.25, -0.2) is 4.98 Å². The van der Waals surface area contributed by atoms with Crippen LogP contribution < -0.4 is 10.6 Å². The van der Waals surface area contributed by atoms with E-state index in [4.69, 9.17) is 4.42 Å². The predicted molar refractivity (Wildman–Crippen MR) is 84.7 cm³/mol. The minimum Gasteiger partial charge on any atom is -0.440 e. The molecule has 112 valence electrons. The Morgan fingerprint density at radius 2 is 2.29 bits per heavy atom. The lowest BCUT2D eigenvalue weighted by Gasteiger charge is -2.19. The molecule has 1 aliphatic heterocycles. The number of oxazole rings is 1. The Bertz CT molecular complexity index is 626. The van der Waals surface area contributed by atoms with E-state index >= 15 is 0 Å². The summed E-state index contributed by atoms with van der Waals surface area (Å²) in [7, 11) is 0. The Morgan fingerprint density at radius 1 is 1.38 bits per heavy atom. The van der Waals surface area contributed by atoms with E-state index in [0.29, 0.717) is 18.0 Å². The molecular weight excluding hydrogens is 262 g/mol. The average Bonchev–Trinajstić information content (AvgIpc) is 3.03. The number of nitrogens with zero attached hydrogens (tertiary/aromatic N) is 1. The second-order valence-corrected chi connectivity index (χ2v) is 6.58. The van der Waals surface area contributed by atoms with Crippen molar-refractivity contribution in [2.24, 2.45) is 0 Å². The topological polar surface area (TPSA) is 50.1 Å². The molecule has 4 nitrogen and oxygen atoms in total. The van der Waals surface area contributed by atoms with Crippen LogP contribution in [-0.2, 0) is 0 Å². The van der Waals surface area contributed by atoms with E-state index in [-0.39, 0.29) is 0 Å². The van der Waals surface area contributed by atoms with Crippen LogP contribution in [0.3, 0.4) is 0 Å². The van der Waals surface area contributed by atoms with Gasteiger partial charge in [0.05, 0.1) is 0 Å². The van der Waals surface area contributed by atoms with Crippen LogP contribution in [0.4, 0.5) is 5.69 Å². The van der Waals surface area contributed by atoms with Gasteiger partial charge in [-0.15, -0.1) is 0 Å². The first kappa shape index (κ1) is 13.1. The zero-order chi connectivity index (χ0) is 14.2. The highest BCUT2D eigenvalue weighted by Crippen LogP contribution is 2.40. The van der Waals surface area contributed by atoms with Gasteiger partial charge in [0.2, 0.25) is 0 Å². The van der Waals surface area contributed by atoms with Crippen molar-refractivity contribution in [3.8, 4) is 0 Å². The quantitative estimate of drug-likeness (QED) is 0.880. The molecule has 1 saturated carbocycles. The lowest BCUT2D eigenvalue weighted by molar-refractivity contribution is 0.523. The minimum absolute atomic E-state index is 0.466. The second kappa shape index (κ2) is 5.34. The number of hydrogen-bond donors (Lipinski definition) is 2. The van der Waals surface area contributed by atoms with Gasteiger partial charge < -0.3 is 15.1 Å². The maximum Gasteiger partial charge on any atom is 0.198 e.